The van der Waals surface area contributed by atoms with Gasteiger partial charge in [0.2, 0.25) is 0 Å². The number of benzene rings is 3. The van der Waals surface area contributed by atoms with Crippen LogP contribution in [-0.4, -0.2) is 25.7 Å². The molecule has 1 aliphatic rings. The van der Waals surface area contributed by atoms with Gasteiger partial charge in [-0.05, 0) is 54.5 Å². The third-order valence-electron chi connectivity index (χ3n) is 6.31. The van der Waals surface area contributed by atoms with E-state index in [1.54, 1.807) is 6.08 Å². The van der Waals surface area contributed by atoms with E-state index >= 15 is 0 Å². The Morgan fingerprint density at radius 1 is 0.811 bits per heavy atom. The molecule has 3 aromatic carbocycles. The molecule has 0 bridgehead atoms. The highest BCUT2D eigenvalue weighted by Crippen LogP contribution is 2.35. The van der Waals surface area contributed by atoms with Gasteiger partial charge < -0.3 is 4.57 Å². The third-order valence-corrected chi connectivity index (χ3v) is 7.03. The Bertz CT molecular complexity index is 1790. The summed E-state index contributed by atoms with van der Waals surface area (Å²) in [6, 6.07) is 24.2. The highest BCUT2D eigenvalue weighted by atomic mass is 35.5. The monoisotopic (exact) mass is 521 g/mol. The van der Waals surface area contributed by atoms with E-state index < -0.39 is 0 Å². The summed E-state index contributed by atoms with van der Waals surface area (Å²) in [6.45, 7) is 0. The van der Waals surface area contributed by atoms with Crippen LogP contribution in [0.4, 0.5) is 0 Å². The molecule has 0 spiro atoms. The number of nitrogens with zero attached hydrogens (tertiary/aromatic N) is 3. The Morgan fingerprint density at radius 3 is 2.03 bits per heavy atom. The summed E-state index contributed by atoms with van der Waals surface area (Å²) < 4.78 is 3.82. The van der Waals surface area contributed by atoms with Crippen LogP contribution in [0.5, 0.6) is 0 Å². The minimum absolute atomic E-state index is 0.0532. The Balaban J connectivity index is 1.52. The Hall–Kier alpha value is -4.37. The lowest BCUT2D eigenvalue weighted by Gasteiger charge is -2.07. The molecule has 0 fully saturated rings. The first-order valence-corrected chi connectivity index (χ1v) is 12.2. The second kappa shape index (κ2) is 8.94. The average molecular weight is 522 g/mol. The van der Waals surface area contributed by atoms with E-state index in [1.807, 2.05) is 82.9 Å². The molecule has 0 radical (unpaired) electrons. The SMILES string of the molecule is Cn1c(C#Cc2ccccc2)nc2c1cc(C=C1C(=O)c3cc(Cl)c(Cl)cc3C1=O)n2-c1ccccc1. The van der Waals surface area contributed by atoms with E-state index in [0.29, 0.717) is 17.2 Å². The number of aryl methyl sites for hydroxylation is 1. The van der Waals surface area contributed by atoms with Gasteiger partial charge in [0.25, 0.3) is 0 Å². The molecular weight excluding hydrogens is 505 g/mol. The smallest absolute Gasteiger partial charge is 0.197 e. The molecule has 2 aromatic heterocycles. The molecule has 0 aliphatic heterocycles. The number of rotatable bonds is 2. The maximum absolute atomic E-state index is 13.2. The number of hydrogen-bond acceptors (Lipinski definition) is 3. The molecule has 1 aliphatic carbocycles. The van der Waals surface area contributed by atoms with Crippen molar-refractivity contribution < 1.29 is 9.59 Å². The van der Waals surface area contributed by atoms with E-state index in [-0.39, 0.29) is 38.3 Å². The van der Waals surface area contributed by atoms with Crippen molar-refractivity contribution >= 4 is 52.0 Å². The average Bonchev–Trinajstić information content (AvgIpc) is 3.49. The van der Waals surface area contributed by atoms with Crippen molar-refractivity contribution in [3.8, 4) is 17.5 Å². The molecule has 0 saturated heterocycles. The number of fused-ring (bicyclic) bond motifs is 2. The van der Waals surface area contributed by atoms with Gasteiger partial charge >= 0.3 is 0 Å². The van der Waals surface area contributed by atoms with Gasteiger partial charge in [-0.15, -0.1) is 0 Å². The summed E-state index contributed by atoms with van der Waals surface area (Å²) in [5.74, 6) is 6.14. The number of Topliss-reactive ketones (excluding diaryl/α,β-unsaturated/α-hetero) is 2. The number of carbonyl (C=O) groups is 2. The zero-order chi connectivity index (χ0) is 25.7. The van der Waals surface area contributed by atoms with Crippen LogP contribution in [0.25, 0.3) is 22.9 Å². The lowest BCUT2D eigenvalue weighted by Crippen LogP contribution is -2.03. The van der Waals surface area contributed by atoms with E-state index in [4.69, 9.17) is 28.2 Å². The lowest BCUT2D eigenvalue weighted by atomic mass is 10.1. The lowest BCUT2D eigenvalue weighted by molar-refractivity contribution is 0.0990. The van der Waals surface area contributed by atoms with Crippen molar-refractivity contribution in [3.63, 3.8) is 0 Å². The quantitative estimate of drug-likeness (QED) is 0.150. The van der Waals surface area contributed by atoms with Crippen LogP contribution in [0, 0.1) is 11.8 Å². The van der Waals surface area contributed by atoms with Crippen molar-refractivity contribution in [1.29, 1.82) is 0 Å². The van der Waals surface area contributed by atoms with E-state index in [1.165, 1.54) is 12.1 Å². The maximum atomic E-state index is 13.2. The molecule has 5 aromatic rings. The molecular formula is C30H17Cl2N3O2. The number of carbonyl (C=O) groups excluding carboxylic acids is 2. The molecule has 178 valence electrons. The number of para-hydroxylation sites is 1. The van der Waals surface area contributed by atoms with Gasteiger partial charge in [-0.2, -0.15) is 0 Å². The number of hydrogen-bond donors (Lipinski definition) is 0. The van der Waals surface area contributed by atoms with Gasteiger partial charge in [0, 0.05) is 29.4 Å². The zero-order valence-electron chi connectivity index (χ0n) is 19.5. The number of halogens is 2. The van der Waals surface area contributed by atoms with E-state index in [2.05, 4.69) is 11.8 Å². The minimum atomic E-state index is -0.384. The van der Waals surface area contributed by atoms with Crippen molar-refractivity contribution in [1.82, 2.24) is 14.1 Å². The van der Waals surface area contributed by atoms with Gasteiger partial charge in [0.1, 0.15) is 0 Å². The number of ketones is 2. The van der Waals surface area contributed by atoms with Crippen LogP contribution < -0.4 is 0 Å². The molecule has 0 N–H and O–H groups in total. The normalized spacial score (nSPS) is 12.6. The number of allylic oxidation sites excluding steroid dienone is 1. The molecule has 5 nitrogen and oxygen atoms in total. The first-order chi connectivity index (χ1) is 17.9. The van der Waals surface area contributed by atoms with E-state index in [9.17, 15) is 9.59 Å². The first kappa shape index (κ1) is 23.1. The predicted molar refractivity (Wildman–Crippen MR) is 146 cm³/mol. The molecule has 7 heteroatoms. The fourth-order valence-electron chi connectivity index (χ4n) is 4.46. The van der Waals surface area contributed by atoms with E-state index in [0.717, 1.165) is 16.8 Å². The third kappa shape index (κ3) is 3.88. The fourth-order valence-corrected chi connectivity index (χ4v) is 4.79. The Morgan fingerprint density at radius 2 is 1.41 bits per heavy atom. The minimum Gasteiger partial charge on any atom is -0.319 e. The summed E-state index contributed by atoms with van der Waals surface area (Å²) in [7, 11) is 1.89. The van der Waals surface area contributed by atoms with Gasteiger partial charge in [0.15, 0.2) is 23.0 Å². The van der Waals surface area contributed by atoms with Crippen LogP contribution in [-0.2, 0) is 7.05 Å². The largest absolute Gasteiger partial charge is 0.319 e. The van der Waals surface area contributed by atoms with Crippen LogP contribution in [0.15, 0.2) is 84.4 Å². The molecule has 37 heavy (non-hydrogen) atoms. The Labute approximate surface area is 222 Å². The zero-order valence-corrected chi connectivity index (χ0v) is 21.0. The number of aromatic nitrogens is 3. The van der Waals surface area contributed by atoms with Gasteiger partial charge in [-0.25, -0.2) is 4.98 Å². The summed E-state index contributed by atoms with van der Waals surface area (Å²) in [6.07, 6.45) is 1.61. The molecule has 6 rings (SSSR count). The highest BCUT2D eigenvalue weighted by molar-refractivity contribution is 6.46. The Kier molecular flexibility index (Phi) is 5.57. The van der Waals surface area contributed by atoms with Crippen molar-refractivity contribution in [2.45, 2.75) is 0 Å². The summed E-state index contributed by atoms with van der Waals surface area (Å²) in [5, 5.41) is 0.462. The van der Waals surface area contributed by atoms with Crippen LogP contribution >= 0.6 is 23.2 Å². The standard InChI is InChI=1S/C30H17Cl2N3O2/c1-34-26-15-20(14-23-28(36)21-16-24(31)25(32)17-22(21)29(23)37)35(19-10-6-3-7-11-19)30(26)33-27(34)13-12-18-8-4-2-5-9-18/h2-11,14-17H,1H3. The molecule has 0 unspecified atom stereocenters. The highest BCUT2D eigenvalue weighted by Gasteiger charge is 2.34. The molecule has 0 amide bonds. The topological polar surface area (TPSA) is 56.9 Å². The maximum Gasteiger partial charge on any atom is 0.197 e. The second-order valence-electron chi connectivity index (χ2n) is 8.59. The molecule has 2 heterocycles. The van der Waals surface area contributed by atoms with Gasteiger partial charge in [-0.1, -0.05) is 65.5 Å². The first-order valence-electron chi connectivity index (χ1n) is 11.4. The second-order valence-corrected chi connectivity index (χ2v) is 9.40. The van der Waals surface area contributed by atoms with Crippen molar-refractivity contribution in [2.75, 3.05) is 0 Å². The van der Waals surface area contributed by atoms with Crippen molar-refractivity contribution in [2.24, 2.45) is 7.05 Å². The molecule has 0 saturated carbocycles. The van der Waals surface area contributed by atoms with Gasteiger partial charge in [0.05, 0.1) is 26.8 Å². The molecule has 0 atom stereocenters. The predicted octanol–water partition coefficient (Wildman–Crippen LogP) is 6.53. The fraction of sp³-hybridized carbons (Fsp3) is 0.0333. The van der Waals surface area contributed by atoms with Crippen molar-refractivity contribution in [3.05, 3.63) is 123 Å². The van der Waals surface area contributed by atoms with Crippen LogP contribution in [0.2, 0.25) is 10.0 Å². The van der Waals surface area contributed by atoms with Gasteiger partial charge in [-0.3, -0.25) is 14.2 Å². The number of imidazole rings is 1. The summed E-state index contributed by atoms with van der Waals surface area (Å²) in [5.41, 5.74) is 4.42. The van der Waals surface area contributed by atoms with Crippen LogP contribution in [0.3, 0.4) is 0 Å². The summed E-state index contributed by atoms with van der Waals surface area (Å²) in [4.78, 5) is 31.2. The summed E-state index contributed by atoms with van der Waals surface area (Å²) >= 11 is 12.2. The van der Waals surface area contributed by atoms with Crippen LogP contribution in [0.1, 0.15) is 37.8 Å².